The minimum absolute atomic E-state index is 0.0399. The number of fused-ring (bicyclic) bond motifs is 4. The number of pyridine rings is 1. The highest BCUT2D eigenvalue weighted by Crippen LogP contribution is 2.41. The molecule has 0 atom stereocenters. The summed E-state index contributed by atoms with van der Waals surface area (Å²) in [6.07, 6.45) is 0. The lowest BCUT2D eigenvalue weighted by molar-refractivity contribution is 1.10. The van der Waals surface area contributed by atoms with Gasteiger partial charge >= 0.3 is 0 Å². The molecular weight excluding hydrogens is 388 g/mol. The molecule has 4 heteroatoms. The van der Waals surface area contributed by atoms with Crippen LogP contribution in [0.5, 0.6) is 0 Å². The fourth-order valence-electron chi connectivity index (χ4n) is 4.18. The molecule has 0 saturated carbocycles. The third kappa shape index (κ3) is 2.44. The SMILES string of the molecule is O=c1c2ccccc2nc2c3sccc3c(-c3ccccc3)c(-c3ccccc3)n12. The number of aromatic nitrogens is 2. The number of hydrogen-bond acceptors (Lipinski definition) is 3. The second-order valence-electron chi connectivity index (χ2n) is 7.21. The van der Waals surface area contributed by atoms with Crippen molar-refractivity contribution in [3.05, 3.63) is 107 Å². The molecule has 3 heterocycles. The van der Waals surface area contributed by atoms with Gasteiger partial charge in [0.15, 0.2) is 5.65 Å². The van der Waals surface area contributed by atoms with Crippen molar-refractivity contribution in [2.45, 2.75) is 0 Å². The van der Waals surface area contributed by atoms with Crippen molar-refractivity contribution < 1.29 is 0 Å². The van der Waals surface area contributed by atoms with Crippen LogP contribution >= 0.6 is 11.3 Å². The fraction of sp³-hybridized carbons (Fsp3) is 0. The van der Waals surface area contributed by atoms with Crippen LogP contribution in [0.1, 0.15) is 0 Å². The van der Waals surface area contributed by atoms with E-state index >= 15 is 0 Å². The first-order valence-electron chi connectivity index (χ1n) is 9.78. The topological polar surface area (TPSA) is 34.4 Å². The molecule has 0 aliphatic carbocycles. The van der Waals surface area contributed by atoms with Crippen molar-refractivity contribution in [2.24, 2.45) is 0 Å². The highest BCUT2D eigenvalue weighted by atomic mass is 32.1. The van der Waals surface area contributed by atoms with E-state index in [-0.39, 0.29) is 5.56 Å². The van der Waals surface area contributed by atoms with E-state index in [4.69, 9.17) is 4.98 Å². The summed E-state index contributed by atoms with van der Waals surface area (Å²) in [5.41, 5.74) is 5.42. The molecule has 0 spiro atoms. The van der Waals surface area contributed by atoms with Crippen LogP contribution in [-0.4, -0.2) is 9.38 Å². The smallest absolute Gasteiger partial charge is 0.266 e. The first-order valence-corrected chi connectivity index (χ1v) is 10.7. The summed E-state index contributed by atoms with van der Waals surface area (Å²) in [4.78, 5) is 18.7. The molecule has 0 N–H and O–H groups in total. The molecule has 0 aliphatic rings. The second-order valence-corrected chi connectivity index (χ2v) is 8.13. The van der Waals surface area contributed by atoms with Crippen LogP contribution in [0.2, 0.25) is 0 Å². The zero-order valence-electron chi connectivity index (χ0n) is 15.9. The van der Waals surface area contributed by atoms with Gasteiger partial charge in [-0.05, 0) is 34.7 Å². The van der Waals surface area contributed by atoms with Crippen LogP contribution in [0.15, 0.2) is 101 Å². The van der Waals surface area contributed by atoms with Gasteiger partial charge in [-0.1, -0.05) is 72.8 Å². The lowest BCUT2D eigenvalue weighted by Crippen LogP contribution is -2.18. The van der Waals surface area contributed by atoms with E-state index in [0.717, 1.165) is 38.0 Å². The van der Waals surface area contributed by atoms with Crippen LogP contribution in [0, 0.1) is 0 Å². The summed E-state index contributed by atoms with van der Waals surface area (Å²) >= 11 is 1.62. The molecule has 0 unspecified atom stereocenters. The van der Waals surface area contributed by atoms with Gasteiger partial charge in [-0.2, -0.15) is 0 Å². The Kier molecular flexibility index (Phi) is 3.79. The van der Waals surface area contributed by atoms with E-state index in [9.17, 15) is 4.79 Å². The Morgan fingerprint density at radius 3 is 2.13 bits per heavy atom. The average Bonchev–Trinajstić information content (AvgIpc) is 3.30. The summed E-state index contributed by atoms with van der Waals surface area (Å²) < 4.78 is 2.83. The van der Waals surface area contributed by atoms with E-state index < -0.39 is 0 Å². The number of hydrogen-bond donors (Lipinski definition) is 0. The quantitative estimate of drug-likeness (QED) is 0.313. The van der Waals surface area contributed by atoms with Crippen molar-refractivity contribution in [3.63, 3.8) is 0 Å². The standard InChI is InChI=1S/C26H16N2OS/c29-26-19-13-7-8-14-21(19)27-25-24-20(15-16-30-24)22(17-9-3-1-4-10-17)23(28(25)26)18-11-5-2-6-12-18/h1-16H. The molecule has 3 aromatic carbocycles. The second kappa shape index (κ2) is 6.65. The predicted octanol–water partition coefficient (Wildman–Crippen LogP) is 6.40. The minimum Gasteiger partial charge on any atom is -0.268 e. The Morgan fingerprint density at radius 1 is 0.700 bits per heavy atom. The Hall–Kier alpha value is -3.76. The van der Waals surface area contributed by atoms with Crippen LogP contribution in [0.4, 0.5) is 0 Å². The van der Waals surface area contributed by atoms with Crippen LogP contribution in [0.3, 0.4) is 0 Å². The zero-order chi connectivity index (χ0) is 20.1. The first kappa shape index (κ1) is 17.1. The Bertz CT molecular complexity index is 1600. The normalized spacial score (nSPS) is 11.5. The third-order valence-electron chi connectivity index (χ3n) is 5.48. The van der Waals surface area contributed by atoms with Crippen molar-refractivity contribution in [2.75, 3.05) is 0 Å². The minimum atomic E-state index is -0.0399. The monoisotopic (exact) mass is 404 g/mol. The molecule has 0 aliphatic heterocycles. The summed E-state index contributed by atoms with van der Waals surface area (Å²) in [5, 5.41) is 3.82. The Labute approximate surface area is 176 Å². The van der Waals surface area contributed by atoms with Crippen molar-refractivity contribution >= 4 is 38.0 Å². The Balaban J connectivity index is 1.94. The van der Waals surface area contributed by atoms with E-state index in [1.165, 1.54) is 0 Å². The summed E-state index contributed by atoms with van der Waals surface area (Å²) in [6.45, 7) is 0. The van der Waals surface area contributed by atoms with Gasteiger partial charge in [-0.25, -0.2) is 4.98 Å². The van der Waals surface area contributed by atoms with Gasteiger partial charge in [-0.3, -0.25) is 9.20 Å². The number of benzene rings is 3. The molecule has 0 fully saturated rings. The number of rotatable bonds is 2. The maximum Gasteiger partial charge on any atom is 0.266 e. The fourth-order valence-corrected chi connectivity index (χ4v) is 5.06. The molecule has 142 valence electrons. The van der Waals surface area contributed by atoms with Gasteiger partial charge < -0.3 is 0 Å². The number of nitrogens with zero attached hydrogens (tertiary/aromatic N) is 2. The van der Waals surface area contributed by atoms with E-state index in [1.54, 1.807) is 15.7 Å². The van der Waals surface area contributed by atoms with E-state index in [2.05, 4.69) is 35.7 Å². The highest BCUT2D eigenvalue weighted by molar-refractivity contribution is 7.18. The predicted molar refractivity (Wildman–Crippen MR) is 125 cm³/mol. The molecule has 0 saturated heterocycles. The molecule has 0 bridgehead atoms. The van der Waals surface area contributed by atoms with Gasteiger partial charge in [0.1, 0.15) is 0 Å². The lowest BCUT2D eigenvalue weighted by atomic mass is 9.96. The molecule has 3 aromatic heterocycles. The number of thiophene rings is 1. The molecule has 0 radical (unpaired) electrons. The average molecular weight is 404 g/mol. The molecule has 3 nitrogen and oxygen atoms in total. The van der Waals surface area contributed by atoms with Crippen LogP contribution in [0.25, 0.3) is 49.0 Å². The molecule has 6 aromatic rings. The van der Waals surface area contributed by atoms with Gasteiger partial charge in [0, 0.05) is 10.9 Å². The van der Waals surface area contributed by atoms with Crippen LogP contribution < -0.4 is 5.56 Å². The van der Waals surface area contributed by atoms with Crippen molar-refractivity contribution in [1.82, 2.24) is 9.38 Å². The van der Waals surface area contributed by atoms with E-state index in [1.807, 2.05) is 60.7 Å². The van der Waals surface area contributed by atoms with Gasteiger partial charge in [0.2, 0.25) is 0 Å². The summed E-state index contributed by atoms with van der Waals surface area (Å²) in [5.74, 6) is 0. The zero-order valence-corrected chi connectivity index (χ0v) is 16.8. The summed E-state index contributed by atoms with van der Waals surface area (Å²) in [6, 6.07) is 30.1. The van der Waals surface area contributed by atoms with Gasteiger partial charge in [-0.15, -0.1) is 11.3 Å². The van der Waals surface area contributed by atoms with Crippen molar-refractivity contribution in [1.29, 1.82) is 0 Å². The van der Waals surface area contributed by atoms with Crippen molar-refractivity contribution in [3.8, 4) is 22.4 Å². The molecular formula is C26H16N2OS. The first-order chi connectivity index (χ1) is 14.8. The Morgan fingerprint density at radius 2 is 1.37 bits per heavy atom. The highest BCUT2D eigenvalue weighted by Gasteiger charge is 2.21. The van der Waals surface area contributed by atoms with Gasteiger partial charge in [0.25, 0.3) is 5.56 Å². The third-order valence-corrected chi connectivity index (χ3v) is 6.39. The van der Waals surface area contributed by atoms with Crippen LogP contribution in [-0.2, 0) is 0 Å². The number of para-hydroxylation sites is 1. The van der Waals surface area contributed by atoms with Gasteiger partial charge in [0.05, 0.1) is 21.3 Å². The van der Waals surface area contributed by atoms with E-state index in [0.29, 0.717) is 11.0 Å². The lowest BCUT2D eigenvalue weighted by Gasteiger charge is -2.17. The summed E-state index contributed by atoms with van der Waals surface area (Å²) in [7, 11) is 0. The molecule has 6 rings (SSSR count). The maximum absolute atomic E-state index is 13.8. The maximum atomic E-state index is 13.8. The molecule has 0 amide bonds. The molecule has 30 heavy (non-hydrogen) atoms. The largest absolute Gasteiger partial charge is 0.268 e.